The highest BCUT2D eigenvalue weighted by Gasteiger charge is 2.25. The van der Waals surface area contributed by atoms with Crippen LogP contribution in [0.5, 0.6) is 5.75 Å². The zero-order valence-corrected chi connectivity index (χ0v) is 14.3. The Balaban J connectivity index is 1.87. The number of anilines is 1. The number of nitrogens with one attached hydrogen (secondary N) is 1. The third-order valence-corrected chi connectivity index (χ3v) is 4.98. The van der Waals surface area contributed by atoms with E-state index >= 15 is 0 Å². The Morgan fingerprint density at radius 1 is 1.22 bits per heavy atom. The fourth-order valence-corrected chi connectivity index (χ4v) is 3.27. The molecule has 0 saturated carbocycles. The van der Waals surface area contributed by atoms with Crippen molar-refractivity contribution in [2.45, 2.75) is 6.92 Å². The predicted molar refractivity (Wildman–Crippen MR) is 89.1 cm³/mol. The first-order valence-corrected chi connectivity index (χ1v) is 9.45. The minimum atomic E-state index is -3.18. The fourth-order valence-electron chi connectivity index (χ4n) is 2.45. The standard InChI is InChI=1S/C15H23N3O4S/c1-3-22-14-7-5-4-6-13(14)16-12-15(19)17-8-10-18(11-9-17)23(2,20)21/h4-7,16H,3,8-12H2,1-2H3. The number of carbonyl (C=O) groups is 1. The van der Waals surface area contributed by atoms with Gasteiger partial charge in [0.2, 0.25) is 15.9 Å². The summed E-state index contributed by atoms with van der Waals surface area (Å²) < 4.78 is 29.8. The molecule has 0 aromatic heterocycles. The second-order valence-electron chi connectivity index (χ2n) is 5.33. The van der Waals surface area contributed by atoms with Gasteiger partial charge < -0.3 is 15.0 Å². The molecule has 0 atom stereocenters. The lowest BCUT2D eigenvalue weighted by molar-refractivity contribution is -0.130. The van der Waals surface area contributed by atoms with Crippen LogP contribution in [0.4, 0.5) is 5.69 Å². The summed E-state index contributed by atoms with van der Waals surface area (Å²) in [7, 11) is -3.18. The van der Waals surface area contributed by atoms with Crippen LogP contribution >= 0.6 is 0 Å². The molecule has 0 unspecified atom stereocenters. The number of carbonyl (C=O) groups excluding carboxylic acids is 1. The molecule has 8 heteroatoms. The van der Waals surface area contributed by atoms with Crippen LogP contribution in [-0.4, -0.2) is 69.1 Å². The molecule has 1 N–H and O–H groups in total. The first-order chi connectivity index (χ1) is 10.9. The highest BCUT2D eigenvalue weighted by molar-refractivity contribution is 7.88. The van der Waals surface area contributed by atoms with Crippen LogP contribution in [0, 0.1) is 0 Å². The Morgan fingerprint density at radius 3 is 2.48 bits per heavy atom. The number of ether oxygens (including phenoxy) is 1. The number of piperazine rings is 1. The molecule has 7 nitrogen and oxygen atoms in total. The minimum absolute atomic E-state index is 0.0514. The number of hydrogen-bond donors (Lipinski definition) is 1. The summed E-state index contributed by atoms with van der Waals surface area (Å²) in [5.41, 5.74) is 0.775. The molecule has 23 heavy (non-hydrogen) atoms. The summed E-state index contributed by atoms with van der Waals surface area (Å²) >= 11 is 0. The van der Waals surface area contributed by atoms with E-state index in [1.807, 2.05) is 31.2 Å². The van der Waals surface area contributed by atoms with Crippen LogP contribution < -0.4 is 10.1 Å². The summed E-state index contributed by atoms with van der Waals surface area (Å²) in [4.78, 5) is 13.9. The molecule has 1 saturated heterocycles. The van der Waals surface area contributed by atoms with Gasteiger partial charge in [-0.25, -0.2) is 8.42 Å². The lowest BCUT2D eigenvalue weighted by Gasteiger charge is -2.33. The van der Waals surface area contributed by atoms with Crippen LogP contribution in [0.15, 0.2) is 24.3 Å². The first-order valence-electron chi connectivity index (χ1n) is 7.60. The van der Waals surface area contributed by atoms with Gasteiger partial charge >= 0.3 is 0 Å². The molecule has 0 spiro atoms. The summed E-state index contributed by atoms with van der Waals surface area (Å²) in [5.74, 6) is 0.661. The van der Waals surface area contributed by atoms with Crippen molar-refractivity contribution >= 4 is 21.6 Å². The van der Waals surface area contributed by atoms with E-state index in [1.165, 1.54) is 10.6 Å². The smallest absolute Gasteiger partial charge is 0.241 e. The second-order valence-corrected chi connectivity index (χ2v) is 7.31. The van der Waals surface area contributed by atoms with Crippen molar-refractivity contribution in [3.63, 3.8) is 0 Å². The van der Waals surface area contributed by atoms with Gasteiger partial charge in [0.25, 0.3) is 0 Å². The predicted octanol–water partition coefficient (Wildman–Crippen LogP) is 0.601. The molecule has 1 fully saturated rings. The van der Waals surface area contributed by atoms with E-state index in [-0.39, 0.29) is 12.5 Å². The normalized spacial score (nSPS) is 16.2. The topological polar surface area (TPSA) is 79.0 Å². The summed E-state index contributed by atoms with van der Waals surface area (Å²) in [6.07, 6.45) is 1.19. The number of benzene rings is 1. The van der Waals surface area contributed by atoms with Crippen molar-refractivity contribution < 1.29 is 17.9 Å². The van der Waals surface area contributed by atoms with Gasteiger partial charge in [0.15, 0.2) is 0 Å². The van der Waals surface area contributed by atoms with Crippen LogP contribution in [0.25, 0.3) is 0 Å². The number of hydrogen-bond acceptors (Lipinski definition) is 5. The van der Waals surface area contributed by atoms with Crippen LogP contribution in [0.3, 0.4) is 0 Å². The molecule has 1 heterocycles. The van der Waals surface area contributed by atoms with Crippen molar-refractivity contribution in [3.8, 4) is 5.75 Å². The maximum atomic E-state index is 12.3. The van der Waals surface area contributed by atoms with Gasteiger partial charge in [0.1, 0.15) is 5.75 Å². The Morgan fingerprint density at radius 2 is 1.87 bits per heavy atom. The number of rotatable bonds is 6. The van der Waals surface area contributed by atoms with Gasteiger partial charge in [-0.1, -0.05) is 12.1 Å². The summed E-state index contributed by atoms with van der Waals surface area (Å²) in [5, 5.41) is 3.09. The van der Waals surface area contributed by atoms with E-state index in [2.05, 4.69) is 5.32 Å². The number of nitrogens with zero attached hydrogens (tertiary/aromatic N) is 2. The monoisotopic (exact) mass is 341 g/mol. The Labute approximate surface area is 137 Å². The van der Waals surface area contributed by atoms with Crippen LogP contribution in [-0.2, 0) is 14.8 Å². The van der Waals surface area contributed by atoms with Crippen molar-refractivity contribution in [3.05, 3.63) is 24.3 Å². The molecule has 0 bridgehead atoms. The van der Waals surface area contributed by atoms with Crippen molar-refractivity contribution in [2.24, 2.45) is 0 Å². The van der Waals surface area contributed by atoms with E-state index in [0.717, 1.165) is 5.69 Å². The van der Waals surface area contributed by atoms with Gasteiger partial charge in [0, 0.05) is 26.2 Å². The lowest BCUT2D eigenvalue weighted by atomic mass is 10.3. The SMILES string of the molecule is CCOc1ccccc1NCC(=O)N1CCN(S(C)(=O)=O)CC1. The average molecular weight is 341 g/mol. The maximum absolute atomic E-state index is 12.3. The molecule has 1 aliphatic heterocycles. The number of sulfonamides is 1. The van der Waals surface area contributed by atoms with E-state index in [1.54, 1.807) is 4.90 Å². The minimum Gasteiger partial charge on any atom is -0.492 e. The Hall–Kier alpha value is -1.80. The quantitative estimate of drug-likeness (QED) is 0.820. The highest BCUT2D eigenvalue weighted by atomic mass is 32.2. The molecule has 128 valence electrons. The molecular formula is C15H23N3O4S. The van der Waals surface area contributed by atoms with Crippen molar-refractivity contribution in [2.75, 3.05) is 50.9 Å². The number of amides is 1. The van der Waals surface area contributed by atoms with Crippen LogP contribution in [0.1, 0.15) is 6.92 Å². The molecular weight excluding hydrogens is 318 g/mol. The van der Waals surface area contributed by atoms with Gasteiger partial charge in [-0.05, 0) is 19.1 Å². The Bertz CT molecular complexity index is 640. The highest BCUT2D eigenvalue weighted by Crippen LogP contribution is 2.23. The first kappa shape index (κ1) is 17.6. The lowest BCUT2D eigenvalue weighted by Crippen LogP contribution is -2.51. The molecule has 2 rings (SSSR count). The third kappa shape index (κ3) is 4.84. The van der Waals surface area contributed by atoms with Gasteiger partial charge in [-0.15, -0.1) is 0 Å². The summed E-state index contributed by atoms with van der Waals surface area (Å²) in [6.45, 7) is 4.15. The molecule has 1 aromatic rings. The molecule has 0 aliphatic carbocycles. The average Bonchev–Trinajstić information content (AvgIpc) is 2.53. The van der Waals surface area contributed by atoms with Crippen LogP contribution in [0.2, 0.25) is 0 Å². The van der Waals surface area contributed by atoms with Crippen molar-refractivity contribution in [1.29, 1.82) is 0 Å². The van der Waals surface area contributed by atoms with Gasteiger partial charge in [-0.3, -0.25) is 4.79 Å². The van der Waals surface area contributed by atoms with E-state index < -0.39 is 10.0 Å². The van der Waals surface area contributed by atoms with Gasteiger partial charge in [-0.2, -0.15) is 4.31 Å². The zero-order valence-electron chi connectivity index (χ0n) is 13.5. The third-order valence-electron chi connectivity index (χ3n) is 3.68. The Kier molecular flexibility index (Phi) is 5.84. The van der Waals surface area contributed by atoms with Gasteiger partial charge in [0.05, 0.1) is 25.1 Å². The van der Waals surface area contributed by atoms with E-state index in [4.69, 9.17) is 4.74 Å². The zero-order chi connectivity index (χ0) is 16.9. The summed E-state index contributed by atoms with van der Waals surface area (Å²) in [6, 6.07) is 7.46. The van der Waals surface area contributed by atoms with E-state index in [0.29, 0.717) is 38.5 Å². The fraction of sp³-hybridized carbons (Fsp3) is 0.533. The van der Waals surface area contributed by atoms with Crippen molar-refractivity contribution in [1.82, 2.24) is 9.21 Å². The maximum Gasteiger partial charge on any atom is 0.241 e. The largest absolute Gasteiger partial charge is 0.492 e. The molecule has 1 aromatic carbocycles. The molecule has 1 amide bonds. The molecule has 1 aliphatic rings. The second kappa shape index (κ2) is 7.65. The molecule has 0 radical (unpaired) electrons. The number of para-hydroxylation sites is 2. The van der Waals surface area contributed by atoms with E-state index in [9.17, 15) is 13.2 Å².